The summed E-state index contributed by atoms with van der Waals surface area (Å²) in [5, 5.41) is 12.0. The number of unbranched alkanes of at least 4 members (excludes halogenated alkanes) is 1. The number of aromatic nitrogens is 3. The van der Waals surface area contributed by atoms with Crippen LogP contribution in [0.25, 0.3) is 0 Å². The van der Waals surface area contributed by atoms with E-state index in [0.717, 1.165) is 57.6 Å². The molecule has 0 radical (unpaired) electrons. The molecule has 214 valence electrons. The molecule has 1 atom stereocenters. The number of hydrogen-bond acceptors (Lipinski definition) is 7. The molecule has 2 aromatic carbocycles. The lowest BCUT2D eigenvalue weighted by Gasteiger charge is -2.29. The maximum Gasteiger partial charge on any atom is 0.255 e. The molecule has 0 bridgehead atoms. The Kier molecular flexibility index (Phi) is 10.2. The van der Waals surface area contributed by atoms with Gasteiger partial charge in [0.05, 0.1) is 23.3 Å². The molecule has 10 heteroatoms. The van der Waals surface area contributed by atoms with E-state index in [2.05, 4.69) is 40.4 Å². The molecule has 8 nitrogen and oxygen atoms in total. The van der Waals surface area contributed by atoms with E-state index in [1.165, 1.54) is 0 Å². The molecule has 2 heterocycles. The number of ether oxygens (including phenoxy) is 2. The first-order valence-corrected chi connectivity index (χ1v) is 15.6. The van der Waals surface area contributed by atoms with Gasteiger partial charge in [-0.3, -0.25) is 4.79 Å². The number of nitrogens with zero attached hydrogens (tertiary/aromatic N) is 3. The number of nitrogens with one attached hydrogen (secondary N) is 2. The Morgan fingerprint density at radius 1 is 1.15 bits per heavy atom. The standard InChI is InChI=1S/C30H38BrN5O3S/c1-7-10-14-39-27-22(31)16-21(17-24(27)38-9-3)26-25(28(37)33-23-13-11-12-18(4)19(23)5)20(6)32-29-34-30(35-36(26)29)40-15-8-2/h11-13,16-17,26H,7-10,14-15H2,1-6H3,(H,33,37)(H,32,34,35). The quantitative estimate of drug-likeness (QED) is 0.157. The largest absolute Gasteiger partial charge is 0.490 e. The van der Waals surface area contributed by atoms with Crippen LogP contribution in [0.2, 0.25) is 0 Å². The van der Waals surface area contributed by atoms with E-state index in [4.69, 9.17) is 19.6 Å². The minimum absolute atomic E-state index is 0.204. The van der Waals surface area contributed by atoms with Crippen LogP contribution in [0.3, 0.4) is 0 Å². The zero-order chi connectivity index (χ0) is 28.8. The van der Waals surface area contributed by atoms with Crippen molar-refractivity contribution in [1.82, 2.24) is 14.8 Å². The fourth-order valence-corrected chi connectivity index (χ4v) is 5.79. The van der Waals surface area contributed by atoms with Crippen LogP contribution in [0, 0.1) is 13.8 Å². The van der Waals surface area contributed by atoms with Gasteiger partial charge in [-0.15, -0.1) is 5.10 Å². The molecule has 1 unspecified atom stereocenters. The van der Waals surface area contributed by atoms with Crippen molar-refractivity contribution in [2.75, 3.05) is 29.6 Å². The van der Waals surface area contributed by atoms with E-state index in [0.29, 0.717) is 41.4 Å². The molecule has 40 heavy (non-hydrogen) atoms. The molecule has 1 aliphatic rings. The first-order valence-electron chi connectivity index (χ1n) is 13.8. The zero-order valence-corrected chi connectivity index (χ0v) is 26.5. The van der Waals surface area contributed by atoms with Gasteiger partial charge in [0, 0.05) is 17.1 Å². The van der Waals surface area contributed by atoms with Crippen molar-refractivity contribution in [2.45, 2.75) is 72.0 Å². The molecule has 0 aliphatic carbocycles. The van der Waals surface area contributed by atoms with Gasteiger partial charge in [0.2, 0.25) is 11.1 Å². The number of allylic oxidation sites excluding steroid dienone is 1. The van der Waals surface area contributed by atoms with Crippen LogP contribution in [0.5, 0.6) is 11.5 Å². The molecule has 0 saturated carbocycles. The van der Waals surface area contributed by atoms with Gasteiger partial charge in [-0.25, -0.2) is 4.68 Å². The third kappa shape index (κ3) is 6.49. The molecule has 0 saturated heterocycles. The van der Waals surface area contributed by atoms with Crippen molar-refractivity contribution in [3.8, 4) is 11.5 Å². The summed E-state index contributed by atoms with van der Waals surface area (Å²) >= 11 is 5.32. The van der Waals surface area contributed by atoms with Crippen LogP contribution >= 0.6 is 27.7 Å². The highest BCUT2D eigenvalue weighted by Crippen LogP contribution is 2.43. The number of anilines is 2. The smallest absolute Gasteiger partial charge is 0.255 e. The van der Waals surface area contributed by atoms with Gasteiger partial charge in [0.25, 0.3) is 5.91 Å². The van der Waals surface area contributed by atoms with E-state index in [1.54, 1.807) is 16.4 Å². The third-order valence-corrected chi connectivity index (χ3v) is 8.39. The number of amides is 1. The Balaban J connectivity index is 1.82. The van der Waals surface area contributed by atoms with Crippen molar-refractivity contribution < 1.29 is 14.3 Å². The van der Waals surface area contributed by atoms with Crippen LogP contribution in [0.4, 0.5) is 11.6 Å². The highest BCUT2D eigenvalue weighted by Gasteiger charge is 2.35. The van der Waals surface area contributed by atoms with Gasteiger partial charge in [-0.1, -0.05) is 44.2 Å². The maximum absolute atomic E-state index is 14.0. The summed E-state index contributed by atoms with van der Waals surface area (Å²) in [6.45, 7) is 13.2. The number of halogens is 1. The molecule has 1 aromatic heterocycles. The van der Waals surface area contributed by atoms with Crippen molar-refractivity contribution in [3.63, 3.8) is 0 Å². The monoisotopic (exact) mass is 627 g/mol. The Hall–Kier alpha value is -2.98. The van der Waals surface area contributed by atoms with Crippen LogP contribution < -0.4 is 20.1 Å². The van der Waals surface area contributed by atoms with E-state index >= 15 is 0 Å². The molecule has 4 rings (SSSR count). The van der Waals surface area contributed by atoms with Crippen LogP contribution in [0.15, 0.2) is 51.2 Å². The second-order valence-electron chi connectivity index (χ2n) is 9.74. The Morgan fingerprint density at radius 2 is 1.95 bits per heavy atom. The lowest BCUT2D eigenvalue weighted by Crippen LogP contribution is -2.31. The fourth-order valence-electron chi connectivity index (χ4n) is 4.53. The lowest BCUT2D eigenvalue weighted by molar-refractivity contribution is -0.113. The average molecular weight is 629 g/mol. The van der Waals surface area contributed by atoms with E-state index in [9.17, 15) is 4.79 Å². The van der Waals surface area contributed by atoms with Crippen molar-refractivity contribution in [1.29, 1.82) is 0 Å². The number of aryl methyl sites for hydroxylation is 1. The predicted octanol–water partition coefficient (Wildman–Crippen LogP) is 7.66. The van der Waals surface area contributed by atoms with Gasteiger partial charge in [0.15, 0.2) is 11.5 Å². The topological polar surface area (TPSA) is 90.3 Å². The first kappa shape index (κ1) is 30.0. The summed E-state index contributed by atoms with van der Waals surface area (Å²) < 4.78 is 14.7. The number of thioether (sulfide) groups is 1. The van der Waals surface area contributed by atoms with E-state index in [-0.39, 0.29) is 5.91 Å². The lowest BCUT2D eigenvalue weighted by atomic mass is 9.94. The number of carbonyl (C=O) groups excluding carboxylic acids is 1. The Morgan fingerprint density at radius 3 is 2.67 bits per heavy atom. The Bertz CT molecular complexity index is 1400. The summed E-state index contributed by atoms with van der Waals surface area (Å²) in [6.07, 6.45) is 2.99. The van der Waals surface area contributed by atoms with Crippen LogP contribution in [0.1, 0.15) is 69.7 Å². The second-order valence-corrected chi connectivity index (χ2v) is 11.7. The molecule has 3 aromatic rings. The van der Waals surface area contributed by atoms with Crippen LogP contribution in [-0.4, -0.2) is 39.6 Å². The summed E-state index contributed by atoms with van der Waals surface area (Å²) in [5.74, 6) is 2.58. The minimum atomic E-state index is -0.537. The van der Waals surface area contributed by atoms with Crippen molar-refractivity contribution in [3.05, 3.63) is 62.8 Å². The van der Waals surface area contributed by atoms with Crippen LogP contribution in [-0.2, 0) is 4.79 Å². The molecular formula is C30H38BrN5O3S. The van der Waals surface area contributed by atoms with E-state index in [1.807, 2.05) is 58.0 Å². The number of hydrogen-bond donors (Lipinski definition) is 2. The third-order valence-electron chi connectivity index (χ3n) is 6.76. The number of fused-ring (bicyclic) bond motifs is 1. The second kappa shape index (κ2) is 13.6. The molecule has 0 spiro atoms. The predicted molar refractivity (Wildman–Crippen MR) is 166 cm³/mol. The maximum atomic E-state index is 14.0. The van der Waals surface area contributed by atoms with E-state index < -0.39 is 6.04 Å². The van der Waals surface area contributed by atoms with Gasteiger partial charge in [-0.05, 0) is 91.4 Å². The van der Waals surface area contributed by atoms with Crippen molar-refractivity contribution in [2.24, 2.45) is 0 Å². The SMILES string of the molecule is CCCCOc1c(Br)cc(C2C(C(=O)Nc3cccc(C)c3C)=C(C)Nc3nc(SCCC)nn32)cc1OCC. The highest BCUT2D eigenvalue weighted by atomic mass is 79.9. The first-order chi connectivity index (χ1) is 19.3. The fraction of sp³-hybridized carbons (Fsp3) is 0.433. The number of benzene rings is 2. The summed E-state index contributed by atoms with van der Waals surface area (Å²) in [6, 6.07) is 9.31. The molecule has 1 amide bonds. The molecule has 2 N–H and O–H groups in total. The van der Waals surface area contributed by atoms with Gasteiger partial charge in [0.1, 0.15) is 6.04 Å². The summed E-state index contributed by atoms with van der Waals surface area (Å²) in [7, 11) is 0. The van der Waals surface area contributed by atoms with Gasteiger partial charge >= 0.3 is 0 Å². The normalized spacial score (nSPS) is 14.5. The van der Waals surface area contributed by atoms with Gasteiger partial charge < -0.3 is 20.1 Å². The number of carbonyl (C=O) groups is 1. The zero-order valence-electron chi connectivity index (χ0n) is 24.1. The average Bonchev–Trinajstić information content (AvgIpc) is 3.33. The number of rotatable bonds is 12. The minimum Gasteiger partial charge on any atom is -0.490 e. The highest BCUT2D eigenvalue weighted by molar-refractivity contribution is 9.10. The molecule has 0 fully saturated rings. The summed E-state index contributed by atoms with van der Waals surface area (Å²) in [5.41, 5.74) is 5.04. The summed E-state index contributed by atoms with van der Waals surface area (Å²) in [4.78, 5) is 18.7. The Labute approximate surface area is 249 Å². The molecular weight excluding hydrogens is 590 g/mol. The van der Waals surface area contributed by atoms with Gasteiger partial charge in [-0.2, -0.15) is 4.98 Å². The van der Waals surface area contributed by atoms with Crippen molar-refractivity contribution >= 4 is 45.2 Å². The molecule has 1 aliphatic heterocycles.